The molecule has 2 fully saturated rings. The molecule has 156 valence electrons. The highest BCUT2D eigenvalue weighted by atomic mass is 35.5. The van der Waals surface area contributed by atoms with Crippen molar-refractivity contribution in [2.45, 2.75) is 32.0 Å². The highest BCUT2D eigenvalue weighted by Gasteiger charge is 2.59. The number of Topliss-reactive ketones (excluding diaryl/α,β-unsaturated/α-hetero) is 1. The van der Waals surface area contributed by atoms with Crippen molar-refractivity contribution in [3.05, 3.63) is 64.5 Å². The molecule has 7 heteroatoms. The molecule has 3 heterocycles. The summed E-state index contributed by atoms with van der Waals surface area (Å²) >= 11 is 6.00. The fraction of sp³-hybridized carbons (Fsp3) is 0.292. The first-order valence-electron chi connectivity index (χ1n) is 10.3. The van der Waals surface area contributed by atoms with Crippen LogP contribution in [0.3, 0.4) is 0 Å². The minimum atomic E-state index is -0.268. The molecular weight excluding hydrogens is 416 g/mol. The number of ether oxygens (including phenoxy) is 2. The lowest BCUT2D eigenvalue weighted by Gasteiger charge is -2.19. The Balaban J connectivity index is 1.35. The first-order chi connectivity index (χ1) is 15.0. The lowest BCUT2D eigenvalue weighted by atomic mass is 9.80. The van der Waals surface area contributed by atoms with Gasteiger partial charge in [0.25, 0.3) is 0 Å². The lowest BCUT2D eigenvalue weighted by molar-refractivity contribution is -0.118. The van der Waals surface area contributed by atoms with Crippen LogP contribution in [-0.2, 0) is 9.53 Å². The molecule has 0 unspecified atom stereocenters. The van der Waals surface area contributed by atoms with Gasteiger partial charge in [-0.05, 0) is 61.2 Å². The van der Waals surface area contributed by atoms with Crippen LogP contribution in [0, 0.1) is 18.8 Å². The molecule has 1 aromatic heterocycles. The van der Waals surface area contributed by atoms with Crippen molar-refractivity contribution in [2.75, 3.05) is 0 Å². The lowest BCUT2D eigenvalue weighted by Crippen LogP contribution is -2.29. The summed E-state index contributed by atoms with van der Waals surface area (Å²) < 4.78 is 11.8. The number of aliphatic hydroxyl groups is 1. The number of aliphatic hydroxyl groups excluding tert-OH is 1. The molecule has 2 saturated heterocycles. The average Bonchev–Trinajstić information content (AvgIpc) is 3.44. The number of fused-ring (bicyclic) bond motifs is 6. The zero-order chi connectivity index (χ0) is 21.3. The van der Waals surface area contributed by atoms with Crippen LogP contribution < -0.4 is 4.74 Å². The molecule has 0 saturated carbocycles. The molecule has 1 aliphatic carbocycles. The van der Waals surface area contributed by atoms with E-state index in [1.165, 1.54) is 6.20 Å². The van der Waals surface area contributed by atoms with E-state index in [4.69, 9.17) is 21.1 Å². The summed E-state index contributed by atoms with van der Waals surface area (Å²) in [6.07, 6.45) is 3.17. The van der Waals surface area contributed by atoms with Gasteiger partial charge in [0.05, 0.1) is 46.8 Å². The van der Waals surface area contributed by atoms with Gasteiger partial charge in [-0.2, -0.15) is 0 Å². The number of carbonyl (C=O) groups is 1. The van der Waals surface area contributed by atoms with Crippen molar-refractivity contribution in [1.29, 1.82) is 0 Å². The van der Waals surface area contributed by atoms with E-state index >= 15 is 0 Å². The van der Waals surface area contributed by atoms with Crippen molar-refractivity contribution in [3.63, 3.8) is 0 Å². The minimum Gasteiger partial charge on any atom is -0.511 e. The fourth-order valence-electron chi connectivity index (χ4n) is 5.16. The van der Waals surface area contributed by atoms with E-state index in [2.05, 4.69) is 9.97 Å². The van der Waals surface area contributed by atoms with Crippen LogP contribution in [0.2, 0.25) is 5.02 Å². The zero-order valence-electron chi connectivity index (χ0n) is 16.7. The Morgan fingerprint density at radius 1 is 1.10 bits per heavy atom. The van der Waals surface area contributed by atoms with Crippen molar-refractivity contribution in [1.82, 2.24) is 9.97 Å². The number of carbonyl (C=O) groups excluding carboxylic acids is 1. The molecule has 3 aliphatic rings. The van der Waals surface area contributed by atoms with E-state index in [1.807, 2.05) is 19.1 Å². The molecule has 0 amide bonds. The van der Waals surface area contributed by atoms with Gasteiger partial charge in [0.15, 0.2) is 5.78 Å². The van der Waals surface area contributed by atoms with Gasteiger partial charge >= 0.3 is 0 Å². The number of allylic oxidation sites excluding steroid dienone is 1. The topological polar surface area (TPSA) is 81.5 Å². The number of ketones is 1. The normalized spacial score (nSPS) is 26.7. The van der Waals surface area contributed by atoms with Crippen LogP contribution in [0.25, 0.3) is 16.6 Å². The van der Waals surface area contributed by atoms with Crippen molar-refractivity contribution in [2.24, 2.45) is 11.8 Å². The van der Waals surface area contributed by atoms with E-state index in [1.54, 1.807) is 24.3 Å². The average molecular weight is 435 g/mol. The number of rotatable bonds is 3. The smallest absolute Gasteiger partial charge is 0.238 e. The largest absolute Gasteiger partial charge is 0.511 e. The van der Waals surface area contributed by atoms with Gasteiger partial charge < -0.3 is 14.6 Å². The number of hydrogen-bond acceptors (Lipinski definition) is 6. The minimum absolute atomic E-state index is 0.0303. The third kappa shape index (κ3) is 2.86. The summed E-state index contributed by atoms with van der Waals surface area (Å²) in [7, 11) is 0. The second-order valence-corrected chi connectivity index (χ2v) is 8.82. The van der Waals surface area contributed by atoms with Crippen LogP contribution in [-0.4, -0.2) is 33.1 Å². The summed E-state index contributed by atoms with van der Waals surface area (Å²) in [4.78, 5) is 22.0. The molecule has 6 rings (SSSR count). The number of aryl methyl sites for hydroxylation is 1. The quantitative estimate of drug-likeness (QED) is 0.622. The van der Waals surface area contributed by atoms with Crippen LogP contribution >= 0.6 is 11.6 Å². The zero-order valence-corrected chi connectivity index (χ0v) is 17.5. The molecular formula is C24H19ClN2O4. The summed E-state index contributed by atoms with van der Waals surface area (Å²) in [5, 5.41) is 11.5. The predicted octanol–water partition coefficient (Wildman–Crippen LogP) is 5.03. The molecule has 31 heavy (non-hydrogen) atoms. The third-order valence-corrected chi connectivity index (χ3v) is 6.81. The van der Waals surface area contributed by atoms with Crippen LogP contribution in [0.1, 0.15) is 24.0 Å². The summed E-state index contributed by atoms with van der Waals surface area (Å²) in [5.74, 6) is 0.498. The van der Waals surface area contributed by atoms with Crippen molar-refractivity contribution >= 4 is 34.0 Å². The summed E-state index contributed by atoms with van der Waals surface area (Å²) in [6, 6.07) is 10.8. The van der Waals surface area contributed by atoms with Crippen molar-refractivity contribution < 1.29 is 19.4 Å². The predicted molar refractivity (Wildman–Crippen MR) is 115 cm³/mol. The Kier molecular flexibility index (Phi) is 4.10. The highest BCUT2D eigenvalue weighted by Crippen LogP contribution is 2.53. The van der Waals surface area contributed by atoms with Gasteiger partial charge in [0.1, 0.15) is 11.5 Å². The summed E-state index contributed by atoms with van der Waals surface area (Å²) in [5.41, 5.74) is 3.34. The van der Waals surface area contributed by atoms with Gasteiger partial charge in [0.2, 0.25) is 5.88 Å². The second-order valence-electron chi connectivity index (χ2n) is 8.39. The highest BCUT2D eigenvalue weighted by molar-refractivity contribution is 6.31. The molecule has 4 atom stereocenters. The van der Waals surface area contributed by atoms with Crippen LogP contribution in [0.15, 0.2) is 48.4 Å². The van der Waals surface area contributed by atoms with E-state index in [9.17, 15) is 9.90 Å². The molecule has 3 aromatic rings. The Labute approximate surface area is 183 Å². The summed E-state index contributed by atoms with van der Waals surface area (Å²) in [6.45, 7) is 1.92. The number of benzene rings is 2. The van der Waals surface area contributed by atoms with Gasteiger partial charge in [-0.15, -0.1) is 0 Å². The van der Waals surface area contributed by atoms with Gasteiger partial charge in [-0.3, -0.25) is 4.79 Å². The molecule has 2 aromatic carbocycles. The maximum absolute atomic E-state index is 13.2. The van der Waals surface area contributed by atoms with Gasteiger partial charge in [-0.25, -0.2) is 9.97 Å². The number of halogens is 1. The molecule has 2 aliphatic heterocycles. The van der Waals surface area contributed by atoms with Crippen LogP contribution in [0.5, 0.6) is 11.6 Å². The molecule has 0 radical (unpaired) electrons. The SMILES string of the molecule is Cc1ccc(Oc2cnc3cc(Cl)ccc3n2)cc1C1=C(O)[C@H]2[C@@H](C1=O)[C@@H]1CC[C@H]2O1. The Morgan fingerprint density at radius 3 is 2.71 bits per heavy atom. The molecule has 1 N–H and O–H groups in total. The van der Waals surface area contributed by atoms with Crippen LogP contribution in [0.4, 0.5) is 0 Å². The Bertz CT molecular complexity index is 1290. The van der Waals surface area contributed by atoms with Crippen molar-refractivity contribution in [3.8, 4) is 11.6 Å². The van der Waals surface area contributed by atoms with E-state index in [0.717, 1.165) is 18.4 Å². The first-order valence-corrected chi connectivity index (χ1v) is 10.7. The Hall–Kier alpha value is -2.96. The number of hydrogen-bond donors (Lipinski definition) is 1. The fourth-order valence-corrected chi connectivity index (χ4v) is 5.33. The second kappa shape index (κ2) is 6.77. The first kappa shape index (κ1) is 18.8. The van der Waals surface area contributed by atoms with E-state index in [0.29, 0.717) is 38.8 Å². The maximum Gasteiger partial charge on any atom is 0.238 e. The molecule has 0 spiro atoms. The molecule has 2 bridgehead atoms. The maximum atomic E-state index is 13.2. The number of aromatic nitrogens is 2. The molecule has 6 nitrogen and oxygen atoms in total. The monoisotopic (exact) mass is 434 g/mol. The van der Waals surface area contributed by atoms with Gasteiger partial charge in [0, 0.05) is 5.02 Å². The van der Waals surface area contributed by atoms with E-state index < -0.39 is 0 Å². The van der Waals surface area contributed by atoms with Gasteiger partial charge in [-0.1, -0.05) is 17.7 Å². The Morgan fingerprint density at radius 2 is 1.90 bits per heavy atom. The number of nitrogens with zero attached hydrogens (tertiary/aromatic N) is 2. The standard InChI is InChI=1S/C24H19ClN2O4/c1-11-2-4-13(30-19-10-26-16-8-12(25)3-5-15(16)27-19)9-14(11)20-23(28)21-17-6-7-18(31-17)22(21)24(20)29/h2-5,8-10,17-18,21-22,28H,6-7H2,1H3/t17-,18+,21-,22+/m1/s1. The third-order valence-electron chi connectivity index (χ3n) is 6.58. The van der Waals surface area contributed by atoms with E-state index in [-0.39, 0.29) is 35.6 Å².